The minimum absolute atomic E-state index is 0.392. The fourth-order valence-corrected chi connectivity index (χ4v) is 4.53. The molecule has 3 nitrogen and oxygen atoms in total. The van der Waals surface area contributed by atoms with Gasteiger partial charge in [0, 0.05) is 10.6 Å². The summed E-state index contributed by atoms with van der Waals surface area (Å²) in [6.07, 6.45) is 3.51. The molecule has 6 heteroatoms. The van der Waals surface area contributed by atoms with Gasteiger partial charge in [-0.3, -0.25) is 0 Å². The average molecular weight is 547 g/mol. The zero-order valence-corrected chi connectivity index (χ0v) is 19.5. The number of cyclic esters (lactones) is 1. The molecule has 0 spiro atoms. The molecule has 3 aromatic carbocycles. The Morgan fingerprint density at radius 1 is 0.967 bits per heavy atom. The molecule has 1 aliphatic rings. The fourth-order valence-electron chi connectivity index (χ4n) is 2.96. The van der Waals surface area contributed by atoms with E-state index in [-0.39, 0.29) is 0 Å². The Morgan fingerprint density at radius 3 is 2.30 bits per heavy atom. The molecule has 0 aromatic heterocycles. The van der Waals surface area contributed by atoms with Crippen molar-refractivity contribution in [1.29, 1.82) is 0 Å². The van der Waals surface area contributed by atoms with Gasteiger partial charge in [-0.1, -0.05) is 41.9 Å². The maximum absolute atomic E-state index is 12.3. The van der Waals surface area contributed by atoms with E-state index in [0.717, 1.165) is 25.6 Å². The second-order valence-corrected chi connectivity index (χ2v) is 8.74. The van der Waals surface area contributed by atoms with Gasteiger partial charge in [-0.05, 0) is 91.5 Å². The summed E-state index contributed by atoms with van der Waals surface area (Å²) in [6, 6.07) is 20.9. The van der Waals surface area contributed by atoms with Crippen molar-refractivity contribution in [3.05, 3.63) is 109 Å². The molecule has 1 aliphatic heterocycles. The summed E-state index contributed by atoms with van der Waals surface area (Å²) in [4.78, 5) is 12.3. The standard InChI is InChI=1S/C24H15Br2ClO3/c25-20-11-16(12-21(26)23(20)29-14-15-4-2-1-3-5-15)10-18-13-22(30-24(18)28)17-6-8-19(27)9-7-17/h1-13H,14H2/b18-10+. The van der Waals surface area contributed by atoms with Gasteiger partial charge in [0.05, 0.1) is 14.5 Å². The summed E-state index contributed by atoms with van der Waals surface area (Å²) >= 11 is 13.1. The van der Waals surface area contributed by atoms with E-state index < -0.39 is 5.97 Å². The molecule has 150 valence electrons. The van der Waals surface area contributed by atoms with Crippen molar-refractivity contribution < 1.29 is 14.3 Å². The maximum atomic E-state index is 12.3. The van der Waals surface area contributed by atoms with E-state index in [0.29, 0.717) is 28.7 Å². The molecule has 0 aliphatic carbocycles. The number of halogens is 3. The SMILES string of the molecule is O=C1OC(c2ccc(Cl)cc2)=C/C1=C\c1cc(Br)c(OCc2ccccc2)c(Br)c1. The molecule has 0 atom stereocenters. The van der Waals surface area contributed by atoms with E-state index >= 15 is 0 Å². The molecule has 0 bridgehead atoms. The van der Waals surface area contributed by atoms with Gasteiger partial charge in [-0.25, -0.2) is 4.79 Å². The van der Waals surface area contributed by atoms with Gasteiger partial charge in [0.1, 0.15) is 18.1 Å². The van der Waals surface area contributed by atoms with Crippen molar-refractivity contribution in [2.45, 2.75) is 6.61 Å². The quantitative estimate of drug-likeness (QED) is 0.247. The van der Waals surface area contributed by atoms with Crippen molar-refractivity contribution in [2.24, 2.45) is 0 Å². The third kappa shape index (κ3) is 4.86. The number of carbonyl (C=O) groups excluding carboxylic acids is 1. The Hall–Kier alpha value is -2.34. The molecule has 0 amide bonds. The number of benzene rings is 3. The number of carbonyl (C=O) groups is 1. The van der Waals surface area contributed by atoms with Crippen molar-refractivity contribution in [3.8, 4) is 5.75 Å². The Bertz CT molecular complexity index is 1130. The van der Waals surface area contributed by atoms with Crippen molar-refractivity contribution >= 4 is 61.3 Å². The van der Waals surface area contributed by atoms with Gasteiger partial charge in [-0.15, -0.1) is 0 Å². The first kappa shape index (κ1) is 20.9. The van der Waals surface area contributed by atoms with E-state index in [1.54, 1.807) is 24.3 Å². The van der Waals surface area contributed by atoms with E-state index in [1.807, 2.05) is 54.6 Å². The number of esters is 1. The van der Waals surface area contributed by atoms with Gasteiger partial charge in [0.2, 0.25) is 0 Å². The normalized spacial score (nSPS) is 14.6. The van der Waals surface area contributed by atoms with Crippen LogP contribution in [0.2, 0.25) is 5.02 Å². The first-order chi connectivity index (χ1) is 14.5. The number of rotatable bonds is 5. The Kier molecular flexibility index (Phi) is 6.42. The number of ether oxygens (including phenoxy) is 2. The average Bonchev–Trinajstić information content (AvgIpc) is 3.09. The summed E-state index contributed by atoms with van der Waals surface area (Å²) in [5.41, 5.74) is 3.18. The molecule has 30 heavy (non-hydrogen) atoms. The predicted molar refractivity (Wildman–Crippen MR) is 126 cm³/mol. The van der Waals surface area contributed by atoms with E-state index in [1.165, 1.54) is 0 Å². The lowest BCUT2D eigenvalue weighted by Gasteiger charge is -2.11. The predicted octanol–water partition coefficient (Wildman–Crippen LogP) is 7.43. The highest BCUT2D eigenvalue weighted by molar-refractivity contribution is 9.11. The third-order valence-electron chi connectivity index (χ3n) is 4.42. The highest BCUT2D eigenvalue weighted by Crippen LogP contribution is 2.37. The topological polar surface area (TPSA) is 35.5 Å². The molecule has 0 fully saturated rings. The molecule has 0 N–H and O–H groups in total. The molecule has 3 aromatic rings. The number of hydrogen-bond donors (Lipinski definition) is 0. The maximum Gasteiger partial charge on any atom is 0.343 e. The van der Waals surface area contributed by atoms with Crippen LogP contribution < -0.4 is 4.74 Å². The van der Waals surface area contributed by atoms with Crippen LogP contribution in [0.4, 0.5) is 0 Å². The minimum Gasteiger partial charge on any atom is -0.487 e. The fraction of sp³-hybridized carbons (Fsp3) is 0.0417. The van der Waals surface area contributed by atoms with Gasteiger partial charge in [0.15, 0.2) is 0 Å². The smallest absolute Gasteiger partial charge is 0.343 e. The lowest BCUT2D eigenvalue weighted by Crippen LogP contribution is -1.98. The summed E-state index contributed by atoms with van der Waals surface area (Å²) < 4.78 is 12.9. The van der Waals surface area contributed by atoms with Crippen LogP contribution >= 0.6 is 43.5 Å². The molecule has 4 rings (SSSR count). The van der Waals surface area contributed by atoms with Crippen LogP contribution in [0, 0.1) is 0 Å². The lowest BCUT2D eigenvalue weighted by molar-refractivity contribution is -0.130. The van der Waals surface area contributed by atoms with Crippen LogP contribution in [0.25, 0.3) is 11.8 Å². The largest absolute Gasteiger partial charge is 0.487 e. The zero-order chi connectivity index (χ0) is 21.1. The van der Waals surface area contributed by atoms with Crippen LogP contribution in [0.3, 0.4) is 0 Å². The van der Waals surface area contributed by atoms with Gasteiger partial charge < -0.3 is 9.47 Å². The van der Waals surface area contributed by atoms with E-state index in [9.17, 15) is 4.79 Å². The van der Waals surface area contributed by atoms with Crippen LogP contribution in [0.1, 0.15) is 16.7 Å². The van der Waals surface area contributed by atoms with Crippen LogP contribution in [-0.4, -0.2) is 5.97 Å². The van der Waals surface area contributed by atoms with Crippen molar-refractivity contribution in [1.82, 2.24) is 0 Å². The molecular weight excluding hydrogens is 532 g/mol. The Morgan fingerprint density at radius 2 is 1.63 bits per heavy atom. The van der Waals surface area contributed by atoms with E-state index in [2.05, 4.69) is 31.9 Å². The number of hydrogen-bond acceptors (Lipinski definition) is 3. The summed E-state index contributed by atoms with van der Waals surface area (Å²) in [5.74, 6) is 0.813. The summed E-state index contributed by atoms with van der Waals surface area (Å²) in [6.45, 7) is 0.456. The lowest BCUT2D eigenvalue weighted by atomic mass is 10.1. The van der Waals surface area contributed by atoms with Crippen molar-refractivity contribution in [3.63, 3.8) is 0 Å². The molecular formula is C24H15Br2ClO3. The monoisotopic (exact) mass is 544 g/mol. The molecule has 0 unspecified atom stereocenters. The van der Waals surface area contributed by atoms with Crippen molar-refractivity contribution in [2.75, 3.05) is 0 Å². The highest BCUT2D eigenvalue weighted by Gasteiger charge is 2.22. The Labute approximate surface area is 196 Å². The molecule has 0 saturated carbocycles. The molecule has 0 saturated heterocycles. The molecule has 0 radical (unpaired) electrons. The molecule has 1 heterocycles. The van der Waals surface area contributed by atoms with Crippen LogP contribution in [-0.2, 0) is 16.1 Å². The summed E-state index contributed by atoms with van der Waals surface area (Å²) in [5, 5.41) is 0.628. The zero-order valence-electron chi connectivity index (χ0n) is 15.6. The first-order valence-corrected chi connectivity index (χ1v) is 11.0. The second kappa shape index (κ2) is 9.21. The first-order valence-electron chi connectivity index (χ1n) is 9.07. The highest BCUT2D eigenvalue weighted by atomic mass is 79.9. The van der Waals surface area contributed by atoms with Crippen LogP contribution in [0.5, 0.6) is 5.75 Å². The minimum atomic E-state index is -0.392. The summed E-state index contributed by atoms with van der Waals surface area (Å²) in [7, 11) is 0. The second-order valence-electron chi connectivity index (χ2n) is 6.59. The van der Waals surface area contributed by atoms with Gasteiger partial charge in [0.25, 0.3) is 0 Å². The van der Waals surface area contributed by atoms with Crippen LogP contribution in [0.15, 0.2) is 87.3 Å². The van der Waals surface area contributed by atoms with Gasteiger partial charge in [-0.2, -0.15) is 0 Å². The van der Waals surface area contributed by atoms with E-state index in [4.69, 9.17) is 21.1 Å². The Balaban J connectivity index is 1.56. The third-order valence-corrected chi connectivity index (χ3v) is 5.85. The van der Waals surface area contributed by atoms with Gasteiger partial charge >= 0.3 is 5.97 Å².